The molecule has 20 heavy (non-hydrogen) atoms. The molecule has 104 valence electrons. The van der Waals surface area contributed by atoms with Crippen molar-refractivity contribution in [2.45, 2.75) is 13.8 Å². The van der Waals surface area contributed by atoms with E-state index >= 15 is 0 Å². The summed E-state index contributed by atoms with van der Waals surface area (Å²) in [7, 11) is 0. The number of nitrogens with zero attached hydrogens (tertiary/aromatic N) is 1. The first-order valence-electron chi connectivity index (χ1n) is 6.12. The SMILES string of the molecule is CCOC(=O)c1ccc(NC(=O)c2cc(C)sn2)cc1. The fraction of sp³-hybridized carbons (Fsp3) is 0.214. The summed E-state index contributed by atoms with van der Waals surface area (Å²) < 4.78 is 8.92. The standard InChI is InChI=1S/C14H14N2O3S/c1-3-19-14(18)10-4-6-11(7-5-10)15-13(17)12-8-9(2)20-16-12/h4-8H,3H2,1-2H3,(H,15,17). The molecule has 6 heteroatoms. The van der Waals surface area contributed by atoms with Crippen molar-refractivity contribution in [3.63, 3.8) is 0 Å². The largest absolute Gasteiger partial charge is 0.462 e. The second-order valence-electron chi connectivity index (χ2n) is 4.07. The van der Waals surface area contributed by atoms with Crippen molar-refractivity contribution in [1.82, 2.24) is 4.37 Å². The van der Waals surface area contributed by atoms with Crippen molar-refractivity contribution in [1.29, 1.82) is 0 Å². The number of hydrogen-bond donors (Lipinski definition) is 1. The molecule has 0 spiro atoms. The predicted molar refractivity (Wildman–Crippen MR) is 77.2 cm³/mol. The Morgan fingerprint density at radius 2 is 2.00 bits per heavy atom. The molecule has 0 atom stereocenters. The monoisotopic (exact) mass is 290 g/mol. The number of nitrogens with one attached hydrogen (secondary N) is 1. The lowest BCUT2D eigenvalue weighted by Crippen LogP contribution is -2.12. The number of benzene rings is 1. The number of aryl methyl sites for hydroxylation is 1. The van der Waals surface area contributed by atoms with Crippen LogP contribution in [0.4, 0.5) is 5.69 Å². The Kier molecular flexibility index (Phi) is 4.47. The van der Waals surface area contributed by atoms with Crippen LogP contribution in [0.3, 0.4) is 0 Å². The van der Waals surface area contributed by atoms with Gasteiger partial charge in [-0.1, -0.05) is 0 Å². The fourth-order valence-corrected chi connectivity index (χ4v) is 2.11. The summed E-state index contributed by atoms with van der Waals surface area (Å²) in [6.07, 6.45) is 0. The van der Waals surface area contributed by atoms with Crippen LogP contribution in [-0.2, 0) is 4.74 Å². The number of aromatic nitrogens is 1. The molecule has 5 nitrogen and oxygen atoms in total. The number of carbonyl (C=O) groups is 2. The minimum Gasteiger partial charge on any atom is -0.462 e. The van der Waals surface area contributed by atoms with E-state index in [1.54, 1.807) is 37.3 Å². The van der Waals surface area contributed by atoms with Gasteiger partial charge in [0.15, 0.2) is 0 Å². The Balaban J connectivity index is 2.04. The average molecular weight is 290 g/mol. The molecule has 0 bridgehead atoms. The van der Waals surface area contributed by atoms with Crippen LogP contribution in [0, 0.1) is 6.92 Å². The topological polar surface area (TPSA) is 68.3 Å². The second kappa shape index (κ2) is 6.29. The Bertz CT molecular complexity index is 620. The molecule has 0 fully saturated rings. The van der Waals surface area contributed by atoms with Gasteiger partial charge in [0.25, 0.3) is 5.91 Å². The summed E-state index contributed by atoms with van der Waals surface area (Å²) in [4.78, 5) is 24.4. The van der Waals surface area contributed by atoms with Crippen LogP contribution in [0.5, 0.6) is 0 Å². The van der Waals surface area contributed by atoms with Crippen molar-refractivity contribution in [2.24, 2.45) is 0 Å². The highest BCUT2D eigenvalue weighted by Crippen LogP contribution is 2.13. The van der Waals surface area contributed by atoms with E-state index in [4.69, 9.17) is 4.74 Å². The summed E-state index contributed by atoms with van der Waals surface area (Å²) in [5, 5.41) is 2.72. The smallest absolute Gasteiger partial charge is 0.338 e. The van der Waals surface area contributed by atoms with E-state index in [9.17, 15) is 9.59 Å². The number of ether oxygens (including phenoxy) is 1. The third kappa shape index (κ3) is 3.42. The Morgan fingerprint density at radius 1 is 1.30 bits per heavy atom. The predicted octanol–water partition coefficient (Wildman–Crippen LogP) is 2.88. The average Bonchev–Trinajstić information content (AvgIpc) is 2.86. The van der Waals surface area contributed by atoms with E-state index in [2.05, 4.69) is 9.69 Å². The minimum absolute atomic E-state index is 0.266. The molecule has 0 aliphatic heterocycles. The molecule has 0 radical (unpaired) electrons. The van der Waals surface area contributed by atoms with E-state index < -0.39 is 0 Å². The highest BCUT2D eigenvalue weighted by Gasteiger charge is 2.10. The molecule has 2 rings (SSSR count). The Hall–Kier alpha value is -2.21. The lowest BCUT2D eigenvalue weighted by molar-refractivity contribution is 0.0526. The van der Waals surface area contributed by atoms with Gasteiger partial charge in [0, 0.05) is 10.6 Å². The number of rotatable bonds is 4. The van der Waals surface area contributed by atoms with Gasteiger partial charge in [0.1, 0.15) is 5.69 Å². The molecule has 1 aromatic heterocycles. The van der Waals surface area contributed by atoms with Gasteiger partial charge in [0.2, 0.25) is 0 Å². The van der Waals surface area contributed by atoms with Gasteiger partial charge in [-0.25, -0.2) is 4.79 Å². The third-order valence-electron chi connectivity index (χ3n) is 2.51. The van der Waals surface area contributed by atoms with Crippen LogP contribution in [0.25, 0.3) is 0 Å². The normalized spacial score (nSPS) is 10.1. The molecule has 0 aliphatic carbocycles. The number of carbonyl (C=O) groups excluding carboxylic acids is 2. The molecule has 0 saturated heterocycles. The van der Waals surface area contributed by atoms with Crippen molar-refractivity contribution in [3.8, 4) is 0 Å². The third-order valence-corrected chi connectivity index (χ3v) is 3.21. The van der Waals surface area contributed by atoms with E-state index in [1.807, 2.05) is 6.92 Å². The number of hydrogen-bond acceptors (Lipinski definition) is 5. The molecular formula is C14H14N2O3S. The van der Waals surface area contributed by atoms with Gasteiger partial charge >= 0.3 is 5.97 Å². The summed E-state index contributed by atoms with van der Waals surface area (Å²) in [5.41, 5.74) is 1.45. The first kappa shape index (κ1) is 14.2. The summed E-state index contributed by atoms with van der Waals surface area (Å²) in [5.74, 6) is -0.640. The molecule has 1 N–H and O–H groups in total. The molecule has 1 amide bonds. The van der Waals surface area contributed by atoms with Gasteiger partial charge in [0.05, 0.1) is 12.2 Å². The van der Waals surface area contributed by atoms with E-state index in [0.29, 0.717) is 23.6 Å². The zero-order valence-corrected chi connectivity index (χ0v) is 12.0. The summed E-state index contributed by atoms with van der Waals surface area (Å²) in [6.45, 7) is 3.98. The van der Waals surface area contributed by atoms with Gasteiger partial charge in [-0.3, -0.25) is 4.79 Å². The van der Waals surface area contributed by atoms with Crippen molar-refractivity contribution in [3.05, 3.63) is 46.5 Å². The number of amides is 1. The fourth-order valence-electron chi connectivity index (χ4n) is 1.57. The van der Waals surface area contributed by atoms with E-state index in [1.165, 1.54) is 11.5 Å². The summed E-state index contributed by atoms with van der Waals surface area (Å²) in [6, 6.07) is 8.26. The molecule has 1 aromatic carbocycles. The van der Waals surface area contributed by atoms with Gasteiger partial charge < -0.3 is 10.1 Å². The molecule has 0 aliphatic rings. The van der Waals surface area contributed by atoms with Gasteiger partial charge in [-0.05, 0) is 55.7 Å². The lowest BCUT2D eigenvalue weighted by Gasteiger charge is -2.05. The summed E-state index contributed by atoms with van der Waals surface area (Å²) >= 11 is 1.28. The van der Waals surface area contributed by atoms with E-state index in [0.717, 1.165) is 4.88 Å². The van der Waals surface area contributed by atoms with Crippen molar-refractivity contribution >= 4 is 29.1 Å². The molecule has 1 heterocycles. The van der Waals surface area contributed by atoms with Crippen LogP contribution < -0.4 is 5.32 Å². The van der Waals surface area contributed by atoms with Gasteiger partial charge in [-0.2, -0.15) is 4.37 Å². The molecular weight excluding hydrogens is 276 g/mol. The number of anilines is 1. The molecule has 0 unspecified atom stereocenters. The second-order valence-corrected chi connectivity index (χ2v) is 5.08. The maximum absolute atomic E-state index is 11.9. The van der Waals surface area contributed by atoms with Crippen LogP contribution in [0.15, 0.2) is 30.3 Å². The van der Waals surface area contributed by atoms with Crippen LogP contribution in [0.1, 0.15) is 32.6 Å². The zero-order valence-electron chi connectivity index (χ0n) is 11.2. The Morgan fingerprint density at radius 3 is 2.55 bits per heavy atom. The van der Waals surface area contributed by atoms with Crippen molar-refractivity contribution in [2.75, 3.05) is 11.9 Å². The molecule has 0 saturated carbocycles. The zero-order chi connectivity index (χ0) is 14.5. The lowest BCUT2D eigenvalue weighted by atomic mass is 10.2. The number of esters is 1. The maximum atomic E-state index is 11.9. The molecule has 2 aromatic rings. The van der Waals surface area contributed by atoms with Crippen LogP contribution in [0.2, 0.25) is 0 Å². The highest BCUT2D eigenvalue weighted by molar-refractivity contribution is 7.05. The van der Waals surface area contributed by atoms with Crippen LogP contribution >= 0.6 is 11.5 Å². The minimum atomic E-state index is -0.375. The van der Waals surface area contributed by atoms with Crippen LogP contribution in [-0.4, -0.2) is 22.9 Å². The van der Waals surface area contributed by atoms with E-state index in [-0.39, 0.29) is 11.9 Å². The first-order chi connectivity index (χ1) is 9.60. The van der Waals surface area contributed by atoms with Gasteiger partial charge in [-0.15, -0.1) is 0 Å². The Labute approximate surface area is 120 Å². The maximum Gasteiger partial charge on any atom is 0.338 e. The van der Waals surface area contributed by atoms with Crippen molar-refractivity contribution < 1.29 is 14.3 Å². The quantitative estimate of drug-likeness (QED) is 0.879. The highest BCUT2D eigenvalue weighted by atomic mass is 32.1. The first-order valence-corrected chi connectivity index (χ1v) is 6.89.